The van der Waals surface area contributed by atoms with E-state index in [1.54, 1.807) is 10.6 Å². The van der Waals surface area contributed by atoms with Crippen molar-refractivity contribution >= 4 is 39.1 Å². The van der Waals surface area contributed by atoms with E-state index < -0.39 is 5.97 Å². The van der Waals surface area contributed by atoms with E-state index in [0.717, 1.165) is 16.7 Å². The summed E-state index contributed by atoms with van der Waals surface area (Å²) in [4.78, 5) is 30.1. The highest BCUT2D eigenvalue weighted by atomic mass is 35.5. The molecule has 4 rings (SSSR count). The zero-order valence-electron chi connectivity index (χ0n) is 16.6. The molecule has 0 spiro atoms. The number of benzene rings is 1. The molecule has 30 heavy (non-hydrogen) atoms. The van der Waals surface area contributed by atoms with Crippen LogP contribution >= 0.6 is 22.9 Å². The molecule has 1 aromatic carbocycles. The van der Waals surface area contributed by atoms with E-state index in [0.29, 0.717) is 26.8 Å². The molecular weight excluding hydrogens is 424 g/mol. The summed E-state index contributed by atoms with van der Waals surface area (Å²) in [6.07, 6.45) is 0. The molecule has 0 saturated heterocycles. The molecule has 3 aromatic heterocycles. The van der Waals surface area contributed by atoms with Gasteiger partial charge in [-0.05, 0) is 42.3 Å². The van der Waals surface area contributed by atoms with Crippen LogP contribution in [-0.4, -0.2) is 20.6 Å². The molecule has 8 heteroatoms. The first-order chi connectivity index (χ1) is 14.3. The van der Waals surface area contributed by atoms with Crippen molar-refractivity contribution in [3.63, 3.8) is 0 Å². The fourth-order valence-corrected chi connectivity index (χ4v) is 4.45. The molecule has 6 nitrogen and oxygen atoms in total. The van der Waals surface area contributed by atoms with Crippen molar-refractivity contribution in [2.24, 2.45) is 0 Å². The molecule has 0 saturated carbocycles. The number of carboxylic acid groups (broad SMARTS) is 1. The van der Waals surface area contributed by atoms with E-state index in [4.69, 9.17) is 26.1 Å². The quantitative estimate of drug-likeness (QED) is 0.438. The lowest BCUT2D eigenvalue weighted by Crippen LogP contribution is -2.26. The highest BCUT2D eigenvalue weighted by molar-refractivity contribution is 7.17. The lowest BCUT2D eigenvalue weighted by molar-refractivity contribution is 0.0660. The van der Waals surface area contributed by atoms with Gasteiger partial charge in [-0.15, -0.1) is 11.3 Å². The topological polar surface area (TPSA) is 85.3 Å². The van der Waals surface area contributed by atoms with Crippen molar-refractivity contribution in [1.29, 1.82) is 0 Å². The third kappa shape index (κ3) is 3.55. The van der Waals surface area contributed by atoms with Gasteiger partial charge < -0.3 is 9.52 Å². The summed E-state index contributed by atoms with van der Waals surface area (Å²) in [6.45, 7) is 5.96. The monoisotopic (exact) mass is 442 g/mol. The SMILES string of the molecule is Cc1cc(-c2csc3nc(C(C)C)n(Cc4ccc(C(=O)O)o4)c(=O)c23)ccc1Cl. The Morgan fingerprint density at radius 3 is 2.70 bits per heavy atom. The average Bonchev–Trinajstić information content (AvgIpc) is 3.33. The number of fused-ring (bicyclic) bond motifs is 1. The second-order valence-electron chi connectivity index (χ2n) is 7.38. The molecule has 0 unspecified atom stereocenters. The van der Waals surface area contributed by atoms with E-state index in [2.05, 4.69) is 0 Å². The van der Waals surface area contributed by atoms with Crippen LogP contribution in [-0.2, 0) is 6.54 Å². The van der Waals surface area contributed by atoms with Gasteiger partial charge in [0.05, 0.1) is 11.9 Å². The Morgan fingerprint density at radius 2 is 2.07 bits per heavy atom. The Labute approximate surface area is 181 Å². The summed E-state index contributed by atoms with van der Waals surface area (Å²) in [7, 11) is 0. The summed E-state index contributed by atoms with van der Waals surface area (Å²) in [6, 6.07) is 8.62. The molecule has 0 bridgehead atoms. The maximum atomic E-state index is 13.6. The number of hydrogen-bond acceptors (Lipinski definition) is 5. The standard InChI is InChI=1S/C22H19ClN2O4S/c1-11(2)19-24-20-18(15(10-30-20)13-4-6-16(23)12(3)8-13)21(26)25(19)9-14-5-7-17(29-14)22(27)28/h4-8,10-11H,9H2,1-3H3,(H,27,28). The van der Waals surface area contributed by atoms with Crippen LogP contribution in [0.5, 0.6) is 0 Å². The van der Waals surface area contributed by atoms with Gasteiger partial charge in [0.1, 0.15) is 16.4 Å². The number of aryl methyl sites for hydroxylation is 1. The first-order valence-electron chi connectivity index (χ1n) is 9.36. The molecule has 0 atom stereocenters. The first kappa shape index (κ1) is 20.4. The van der Waals surface area contributed by atoms with Crippen molar-refractivity contribution in [2.45, 2.75) is 33.2 Å². The van der Waals surface area contributed by atoms with Crippen LogP contribution in [0, 0.1) is 6.92 Å². The maximum absolute atomic E-state index is 13.6. The van der Waals surface area contributed by atoms with Gasteiger partial charge >= 0.3 is 5.97 Å². The Morgan fingerprint density at radius 1 is 1.30 bits per heavy atom. The minimum absolute atomic E-state index is 0.000618. The van der Waals surface area contributed by atoms with Crippen LogP contribution < -0.4 is 5.56 Å². The summed E-state index contributed by atoms with van der Waals surface area (Å²) < 4.78 is 6.94. The van der Waals surface area contributed by atoms with Gasteiger partial charge in [0.25, 0.3) is 5.56 Å². The predicted octanol–water partition coefficient (Wildman–Crippen LogP) is 5.55. The molecule has 0 aliphatic heterocycles. The summed E-state index contributed by atoms with van der Waals surface area (Å²) in [5.41, 5.74) is 2.46. The smallest absolute Gasteiger partial charge is 0.371 e. The number of carbonyl (C=O) groups is 1. The highest BCUT2D eigenvalue weighted by Crippen LogP contribution is 2.33. The largest absolute Gasteiger partial charge is 0.475 e. The fourth-order valence-electron chi connectivity index (χ4n) is 3.39. The van der Waals surface area contributed by atoms with Crippen molar-refractivity contribution in [1.82, 2.24) is 9.55 Å². The normalized spacial score (nSPS) is 11.5. The minimum Gasteiger partial charge on any atom is -0.475 e. The summed E-state index contributed by atoms with van der Waals surface area (Å²) >= 11 is 7.59. The van der Waals surface area contributed by atoms with Crippen LogP contribution in [0.2, 0.25) is 5.02 Å². The van der Waals surface area contributed by atoms with Crippen molar-refractivity contribution in [3.05, 3.63) is 74.0 Å². The first-order valence-corrected chi connectivity index (χ1v) is 10.6. The number of aromatic nitrogens is 2. The number of thiophene rings is 1. The molecule has 1 N–H and O–H groups in total. The van der Waals surface area contributed by atoms with Crippen LogP contribution in [0.15, 0.2) is 44.9 Å². The highest BCUT2D eigenvalue weighted by Gasteiger charge is 2.20. The summed E-state index contributed by atoms with van der Waals surface area (Å²) in [5, 5.41) is 12.2. The average molecular weight is 443 g/mol. The van der Waals surface area contributed by atoms with Crippen LogP contribution in [0.25, 0.3) is 21.3 Å². The molecule has 0 aliphatic rings. The van der Waals surface area contributed by atoms with E-state index in [9.17, 15) is 9.59 Å². The third-order valence-corrected chi connectivity index (χ3v) is 6.19. The Kier molecular flexibility index (Phi) is 5.26. The van der Waals surface area contributed by atoms with Gasteiger partial charge in [0, 0.05) is 21.9 Å². The van der Waals surface area contributed by atoms with Gasteiger partial charge in [-0.3, -0.25) is 9.36 Å². The van der Waals surface area contributed by atoms with Gasteiger partial charge in [-0.25, -0.2) is 9.78 Å². The Bertz CT molecular complexity index is 1330. The van der Waals surface area contributed by atoms with E-state index in [1.807, 2.05) is 44.4 Å². The lowest BCUT2D eigenvalue weighted by Gasteiger charge is -2.14. The number of rotatable bonds is 5. The zero-order chi connectivity index (χ0) is 21.6. The van der Waals surface area contributed by atoms with E-state index in [-0.39, 0.29) is 23.8 Å². The predicted molar refractivity (Wildman–Crippen MR) is 118 cm³/mol. The van der Waals surface area contributed by atoms with Crippen molar-refractivity contribution in [3.8, 4) is 11.1 Å². The number of furan rings is 1. The van der Waals surface area contributed by atoms with E-state index >= 15 is 0 Å². The van der Waals surface area contributed by atoms with Crippen LogP contribution in [0.3, 0.4) is 0 Å². The molecule has 0 aliphatic carbocycles. The molecule has 4 aromatic rings. The van der Waals surface area contributed by atoms with E-state index in [1.165, 1.54) is 17.4 Å². The molecule has 154 valence electrons. The molecular formula is C22H19ClN2O4S. The van der Waals surface area contributed by atoms with Crippen LogP contribution in [0.4, 0.5) is 0 Å². The Hall–Kier alpha value is -2.90. The molecule has 0 fully saturated rings. The second kappa shape index (κ2) is 7.74. The zero-order valence-corrected chi connectivity index (χ0v) is 18.2. The van der Waals surface area contributed by atoms with Gasteiger partial charge in [-0.2, -0.15) is 0 Å². The Balaban J connectivity index is 1.90. The molecule has 0 radical (unpaired) electrons. The van der Waals surface area contributed by atoms with Crippen LogP contribution in [0.1, 0.15) is 47.5 Å². The molecule has 3 heterocycles. The number of halogens is 1. The van der Waals surface area contributed by atoms with Crippen molar-refractivity contribution in [2.75, 3.05) is 0 Å². The summed E-state index contributed by atoms with van der Waals surface area (Å²) in [5.74, 6) is -0.298. The number of hydrogen-bond donors (Lipinski definition) is 1. The fraction of sp³-hybridized carbons (Fsp3) is 0.227. The van der Waals surface area contributed by atoms with Gasteiger partial charge in [-0.1, -0.05) is 31.5 Å². The van der Waals surface area contributed by atoms with Gasteiger partial charge in [0.2, 0.25) is 5.76 Å². The van der Waals surface area contributed by atoms with Gasteiger partial charge in [0.15, 0.2) is 0 Å². The maximum Gasteiger partial charge on any atom is 0.371 e. The number of carboxylic acids is 1. The minimum atomic E-state index is -1.15. The number of nitrogens with zero attached hydrogens (tertiary/aromatic N) is 2. The molecule has 0 amide bonds. The van der Waals surface area contributed by atoms with Crippen molar-refractivity contribution < 1.29 is 14.3 Å². The third-order valence-electron chi connectivity index (χ3n) is 4.90. The lowest BCUT2D eigenvalue weighted by atomic mass is 10.0. The second-order valence-corrected chi connectivity index (χ2v) is 8.65. The number of aromatic carboxylic acids is 1.